The van der Waals surface area contributed by atoms with Crippen molar-refractivity contribution in [3.63, 3.8) is 0 Å². The molecule has 1 heterocycles. The standard InChI is InChI=1S/C15H15NO3/c1-11-5-3-4-6-14(11)19-10-12-7-13(9-16-8-12)15(17)18-2/h3-9H,10H2,1-2H3. The second-order valence-electron chi connectivity index (χ2n) is 4.13. The number of carbonyl (C=O) groups is 1. The Morgan fingerprint density at radius 1 is 1.26 bits per heavy atom. The Balaban J connectivity index is 2.08. The topological polar surface area (TPSA) is 48.4 Å². The number of para-hydroxylation sites is 1. The fraction of sp³-hybridized carbons (Fsp3) is 0.200. The van der Waals surface area contributed by atoms with Crippen LogP contribution in [0.1, 0.15) is 21.5 Å². The predicted octanol–water partition coefficient (Wildman–Crippen LogP) is 2.76. The van der Waals surface area contributed by atoms with E-state index >= 15 is 0 Å². The van der Waals surface area contributed by atoms with Crippen LogP contribution in [0.3, 0.4) is 0 Å². The van der Waals surface area contributed by atoms with Gasteiger partial charge in [-0.25, -0.2) is 4.79 Å². The van der Waals surface area contributed by atoms with Gasteiger partial charge in [0.2, 0.25) is 0 Å². The van der Waals surface area contributed by atoms with Crippen molar-refractivity contribution in [3.05, 3.63) is 59.4 Å². The van der Waals surface area contributed by atoms with Gasteiger partial charge in [0, 0.05) is 18.0 Å². The number of aryl methyl sites for hydroxylation is 1. The first kappa shape index (κ1) is 13.1. The van der Waals surface area contributed by atoms with Crippen molar-refractivity contribution in [1.82, 2.24) is 4.98 Å². The van der Waals surface area contributed by atoms with E-state index in [1.165, 1.54) is 13.3 Å². The molecule has 0 aliphatic carbocycles. The lowest BCUT2D eigenvalue weighted by Crippen LogP contribution is -2.04. The minimum absolute atomic E-state index is 0.364. The molecule has 0 aliphatic rings. The van der Waals surface area contributed by atoms with Gasteiger partial charge in [0.25, 0.3) is 0 Å². The van der Waals surface area contributed by atoms with Gasteiger partial charge in [-0.05, 0) is 24.6 Å². The van der Waals surface area contributed by atoms with E-state index in [1.54, 1.807) is 12.3 Å². The molecule has 19 heavy (non-hydrogen) atoms. The van der Waals surface area contributed by atoms with E-state index in [4.69, 9.17) is 4.74 Å². The number of aromatic nitrogens is 1. The molecule has 0 spiro atoms. The number of esters is 1. The number of rotatable bonds is 4. The van der Waals surface area contributed by atoms with Gasteiger partial charge >= 0.3 is 5.97 Å². The molecule has 2 aromatic rings. The van der Waals surface area contributed by atoms with Crippen molar-refractivity contribution >= 4 is 5.97 Å². The summed E-state index contributed by atoms with van der Waals surface area (Å²) < 4.78 is 10.4. The van der Waals surface area contributed by atoms with Crippen molar-refractivity contribution in [2.24, 2.45) is 0 Å². The molecule has 0 fully saturated rings. The zero-order valence-electron chi connectivity index (χ0n) is 10.9. The van der Waals surface area contributed by atoms with E-state index in [-0.39, 0.29) is 0 Å². The molecule has 0 N–H and O–H groups in total. The molecule has 1 aromatic heterocycles. The summed E-state index contributed by atoms with van der Waals surface area (Å²) in [5, 5.41) is 0. The van der Waals surface area contributed by atoms with Gasteiger partial charge in [-0.3, -0.25) is 4.98 Å². The van der Waals surface area contributed by atoms with Crippen molar-refractivity contribution < 1.29 is 14.3 Å². The molecule has 4 nitrogen and oxygen atoms in total. The van der Waals surface area contributed by atoms with E-state index in [0.29, 0.717) is 12.2 Å². The van der Waals surface area contributed by atoms with Gasteiger partial charge in [0.1, 0.15) is 12.4 Å². The highest BCUT2D eigenvalue weighted by atomic mass is 16.5. The molecular formula is C15H15NO3. The first-order valence-electron chi connectivity index (χ1n) is 5.91. The smallest absolute Gasteiger partial charge is 0.339 e. The molecule has 0 saturated heterocycles. The van der Waals surface area contributed by atoms with E-state index < -0.39 is 5.97 Å². The molecule has 0 aliphatic heterocycles. The highest BCUT2D eigenvalue weighted by molar-refractivity contribution is 5.89. The van der Waals surface area contributed by atoms with Crippen LogP contribution in [0, 0.1) is 6.92 Å². The number of benzene rings is 1. The fourth-order valence-electron chi connectivity index (χ4n) is 1.68. The zero-order valence-corrected chi connectivity index (χ0v) is 10.9. The Labute approximate surface area is 112 Å². The summed E-state index contributed by atoms with van der Waals surface area (Å²) in [5.41, 5.74) is 2.32. The Kier molecular flexibility index (Phi) is 4.13. The van der Waals surface area contributed by atoms with E-state index in [2.05, 4.69) is 9.72 Å². The molecule has 0 amide bonds. The second kappa shape index (κ2) is 6.00. The van der Waals surface area contributed by atoms with Crippen LogP contribution in [0.25, 0.3) is 0 Å². The molecule has 4 heteroatoms. The third-order valence-electron chi connectivity index (χ3n) is 2.70. The van der Waals surface area contributed by atoms with E-state index in [1.807, 2.05) is 31.2 Å². The zero-order chi connectivity index (χ0) is 13.7. The number of methoxy groups -OCH3 is 1. The van der Waals surface area contributed by atoms with Crippen LogP contribution in [0.5, 0.6) is 5.75 Å². The molecule has 0 atom stereocenters. The van der Waals surface area contributed by atoms with Gasteiger partial charge in [0.15, 0.2) is 0 Å². The number of hydrogen-bond donors (Lipinski definition) is 0. The van der Waals surface area contributed by atoms with E-state index in [9.17, 15) is 4.79 Å². The monoisotopic (exact) mass is 257 g/mol. The number of pyridine rings is 1. The fourth-order valence-corrected chi connectivity index (χ4v) is 1.68. The van der Waals surface area contributed by atoms with Crippen molar-refractivity contribution in [2.45, 2.75) is 13.5 Å². The number of carbonyl (C=O) groups excluding carboxylic acids is 1. The summed E-state index contributed by atoms with van der Waals surface area (Å²) in [6, 6.07) is 9.50. The maximum atomic E-state index is 11.4. The summed E-state index contributed by atoms with van der Waals surface area (Å²) >= 11 is 0. The maximum Gasteiger partial charge on any atom is 0.339 e. The Morgan fingerprint density at radius 3 is 2.79 bits per heavy atom. The lowest BCUT2D eigenvalue weighted by molar-refractivity contribution is 0.0600. The van der Waals surface area contributed by atoms with Crippen molar-refractivity contribution in [1.29, 1.82) is 0 Å². The molecule has 0 radical (unpaired) electrons. The van der Waals surface area contributed by atoms with Crippen molar-refractivity contribution in [2.75, 3.05) is 7.11 Å². The number of ether oxygens (including phenoxy) is 2. The Morgan fingerprint density at radius 2 is 2.05 bits per heavy atom. The summed E-state index contributed by atoms with van der Waals surface area (Å²) in [5.74, 6) is 0.427. The highest BCUT2D eigenvalue weighted by Gasteiger charge is 2.07. The van der Waals surface area contributed by atoms with Crippen LogP contribution in [-0.4, -0.2) is 18.1 Å². The van der Waals surface area contributed by atoms with Crippen LogP contribution >= 0.6 is 0 Å². The molecule has 0 unspecified atom stereocenters. The summed E-state index contributed by atoms with van der Waals surface area (Å²) in [7, 11) is 1.35. The quantitative estimate of drug-likeness (QED) is 0.790. The molecule has 0 saturated carbocycles. The lowest BCUT2D eigenvalue weighted by Gasteiger charge is -2.09. The van der Waals surface area contributed by atoms with Crippen LogP contribution in [0.2, 0.25) is 0 Å². The average molecular weight is 257 g/mol. The number of hydrogen-bond acceptors (Lipinski definition) is 4. The van der Waals surface area contributed by atoms with Crippen LogP contribution in [-0.2, 0) is 11.3 Å². The largest absolute Gasteiger partial charge is 0.489 e. The third-order valence-corrected chi connectivity index (χ3v) is 2.70. The van der Waals surface area contributed by atoms with Gasteiger partial charge in [-0.15, -0.1) is 0 Å². The van der Waals surface area contributed by atoms with Gasteiger partial charge in [-0.1, -0.05) is 18.2 Å². The average Bonchev–Trinajstić information content (AvgIpc) is 2.46. The first-order valence-corrected chi connectivity index (χ1v) is 5.91. The molecule has 98 valence electrons. The van der Waals surface area contributed by atoms with Crippen LogP contribution < -0.4 is 4.74 Å². The second-order valence-corrected chi connectivity index (χ2v) is 4.13. The molecule has 2 rings (SSSR count). The summed E-state index contributed by atoms with van der Waals surface area (Å²) in [6.07, 6.45) is 3.15. The minimum atomic E-state index is -0.398. The predicted molar refractivity (Wildman–Crippen MR) is 71.1 cm³/mol. The Bertz CT molecular complexity index is 581. The highest BCUT2D eigenvalue weighted by Crippen LogP contribution is 2.18. The first-order chi connectivity index (χ1) is 9.20. The van der Waals surface area contributed by atoms with E-state index in [0.717, 1.165) is 16.9 Å². The molecule has 1 aromatic carbocycles. The Hall–Kier alpha value is -2.36. The number of nitrogens with zero attached hydrogens (tertiary/aromatic N) is 1. The molecular weight excluding hydrogens is 242 g/mol. The SMILES string of the molecule is COC(=O)c1cncc(COc2ccccc2C)c1. The van der Waals surface area contributed by atoms with Crippen LogP contribution in [0.15, 0.2) is 42.7 Å². The van der Waals surface area contributed by atoms with Crippen molar-refractivity contribution in [3.8, 4) is 5.75 Å². The summed E-state index contributed by atoms with van der Waals surface area (Å²) in [4.78, 5) is 15.4. The van der Waals surface area contributed by atoms with Crippen LogP contribution in [0.4, 0.5) is 0 Å². The maximum absolute atomic E-state index is 11.4. The molecule has 0 bridgehead atoms. The van der Waals surface area contributed by atoms with Gasteiger partial charge in [0.05, 0.1) is 12.7 Å². The van der Waals surface area contributed by atoms with Gasteiger partial charge in [-0.2, -0.15) is 0 Å². The minimum Gasteiger partial charge on any atom is -0.489 e. The third kappa shape index (κ3) is 3.31. The summed E-state index contributed by atoms with van der Waals surface area (Å²) in [6.45, 7) is 2.35. The van der Waals surface area contributed by atoms with Gasteiger partial charge < -0.3 is 9.47 Å². The lowest BCUT2D eigenvalue weighted by atomic mass is 10.2. The normalized spacial score (nSPS) is 10.0.